The highest BCUT2D eigenvalue weighted by Crippen LogP contribution is 2.07. The number of aliphatic imine (C=N–C) groups is 1. The van der Waals surface area contributed by atoms with Crippen LogP contribution in [-0.4, -0.2) is 26.0 Å². The lowest BCUT2D eigenvalue weighted by Gasteiger charge is -2.13. The van der Waals surface area contributed by atoms with Gasteiger partial charge in [0.2, 0.25) is 0 Å². The summed E-state index contributed by atoms with van der Waals surface area (Å²) in [6.45, 7) is 3.40. The molecule has 0 spiro atoms. The van der Waals surface area contributed by atoms with Gasteiger partial charge in [0, 0.05) is 32.7 Å². The largest absolute Gasteiger partial charge is 0.355 e. The van der Waals surface area contributed by atoms with Crippen molar-refractivity contribution in [3.05, 3.63) is 70.8 Å². The van der Waals surface area contributed by atoms with Crippen LogP contribution < -0.4 is 16.0 Å². The molecule has 0 aliphatic heterocycles. The van der Waals surface area contributed by atoms with Crippen molar-refractivity contribution < 1.29 is 4.79 Å². The molecule has 0 radical (unpaired) electrons. The van der Waals surface area contributed by atoms with Gasteiger partial charge in [-0.25, -0.2) is 0 Å². The average Bonchev–Trinajstić information content (AvgIpc) is 2.62. The average molecular weight is 452 g/mol. The standard InChI is InChI=1S/C19H24N4O.HI/c1-14-7-4-5-9-17(14)13-23-19(21-3)22-12-15-8-6-10-16(11-15)18(24)20-2;/h4-11H,12-13H2,1-3H3,(H,20,24)(H2,21,22,23);1H. The van der Waals surface area contributed by atoms with E-state index >= 15 is 0 Å². The number of carbonyl (C=O) groups is 1. The predicted octanol–water partition coefficient (Wildman–Crippen LogP) is 2.84. The molecule has 0 heterocycles. The molecule has 0 aliphatic rings. The van der Waals surface area contributed by atoms with Crippen LogP contribution in [0.15, 0.2) is 53.5 Å². The Labute approximate surface area is 166 Å². The van der Waals surface area contributed by atoms with Crippen molar-refractivity contribution in [1.29, 1.82) is 0 Å². The summed E-state index contributed by atoms with van der Waals surface area (Å²) in [6, 6.07) is 15.8. The summed E-state index contributed by atoms with van der Waals surface area (Å²) in [4.78, 5) is 15.9. The lowest BCUT2D eigenvalue weighted by Crippen LogP contribution is -2.36. The Morgan fingerprint density at radius 1 is 1.04 bits per heavy atom. The Kier molecular flexibility index (Phi) is 8.98. The number of halogens is 1. The van der Waals surface area contributed by atoms with E-state index in [2.05, 4.69) is 40.0 Å². The van der Waals surface area contributed by atoms with Gasteiger partial charge >= 0.3 is 0 Å². The third-order valence-corrected chi connectivity index (χ3v) is 3.81. The zero-order valence-corrected chi connectivity index (χ0v) is 17.1. The summed E-state index contributed by atoms with van der Waals surface area (Å²) in [6.07, 6.45) is 0. The Morgan fingerprint density at radius 2 is 1.76 bits per heavy atom. The molecule has 5 nitrogen and oxygen atoms in total. The molecule has 25 heavy (non-hydrogen) atoms. The maximum absolute atomic E-state index is 11.7. The minimum Gasteiger partial charge on any atom is -0.355 e. The smallest absolute Gasteiger partial charge is 0.251 e. The van der Waals surface area contributed by atoms with Gasteiger partial charge < -0.3 is 16.0 Å². The zero-order chi connectivity index (χ0) is 17.4. The number of hydrogen-bond acceptors (Lipinski definition) is 2. The molecular formula is C19H25IN4O. The van der Waals surface area contributed by atoms with E-state index in [0.717, 1.165) is 11.5 Å². The molecule has 2 aromatic rings. The second-order valence-electron chi connectivity index (χ2n) is 5.49. The van der Waals surface area contributed by atoms with Crippen molar-refractivity contribution in [2.24, 2.45) is 4.99 Å². The minimum absolute atomic E-state index is 0. The van der Waals surface area contributed by atoms with Crippen LogP contribution in [0.2, 0.25) is 0 Å². The van der Waals surface area contributed by atoms with Crippen molar-refractivity contribution in [1.82, 2.24) is 16.0 Å². The van der Waals surface area contributed by atoms with E-state index in [1.807, 2.05) is 30.3 Å². The quantitative estimate of drug-likeness (QED) is 0.372. The van der Waals surface area contributed by atoms with E-state index in [1.165, 1.54) is 11.1 Å². The lowest BCUT2D eigenvalue weighted by molar-refractivity contribution is 0.0963. The summed E-state index contributed by atoms with van der Waals surface area (Å²) in [5.41, 5.74) is 4.16. The van der Waals surface area contributed by atoms with Crippen molar-refractivity contribution in [2.75, 3.05) is 14.1 Å². The van der Waals surface area contributed by atoms with Crippen LogP contribution >= 0.6 is 24.0 Å². The van der Waals surface area contributed by atoms with Gasteiger partial charge in [-0.3, -0.25) is 9.79 Å². The second kappa shape index (κ2) is 10.7. The fourth-order valence-corrected chi connectivity index (χ4v) is 2.36. The number of rotatable bonds is 5. The van der Waals surface area contributed by atoms with Crippen LogP contribution in [-0.2, 0) is 13.1 Å². The first-order valence-electron chi connectivity index (χ1n) is 7.94. The molecule has 0 aromatic heterocycles. The highest BCUT2D eigenvalue weighted by Gasteiger charge is 2.05. The number of amides is 1. The number of benzene rings is 2. The molecule has 2 aromatic carbocycles. The normalized spacial score (nSPS) is 10.6. The SMILES string of the molecule is CN=C(NCc1cccc(C(=O)NC)c1)NCc1ccccc1C.I. The van der Waals surface area contributed by atoms with Gasteiger partial charge in [-0.1, -0.05) is 36.4 Å². The number of guanidine groups is 1. The fourth-order valence-electron chi connectivity index (χ4n) is 2.36. The van der Waals surface area contributed by atoms with E-state index < -0.39 is 0 Å². The number of aryl methyl sites for hydroxylation is 1. The molecule has 134 valence electrons. The maximum Gasteiger partial charge on any atom is 0.251 e. The topological polar surface area (TPSA) is 65.5 Å². The molecule has 0 fully saturated rings. The van der Waals surface area contributed by atoms with Crippen LogP contribution in [0.25, 0.3) is 0 Å². The highest BCUT2D eigenvalue weighted by atomic mass is 127. The van der Waals surface area contributed by atoms with Gasteiger partial charge in [-0.15, -0.1) is 24.0 Å². The maximum atomic E-state index is 11.7. The monoisotopic (exact) mass is 452 g/mol. The van der Waals surface area contributed by atoms with Gasteiger partial charge in [0.05, 0.1) is 0 Å². The fraction of sp³-hybridized carbons (Fsp3) is 0.263. The van der Waals surface area contributed by atoms with E-state index in [9.17, 15) is 4.79 Å². The van der Waals surface area contributed by atoms with E-state index in [1.54, 1.807) is 20.2 Å². The molecule has 0 saturated heterocycles. The number of hydrogen-bond donors (Lipinski definition) is 3. The van der Waals surface area contributed by atoms with E-state index in [-0.39, 0.29) is 29.9 Å². The minimum atomic E-state index is -0.0843. The van der Waals surface area contributed by atoms with Gasteiger partial charge in [0.15, 0.2) is 5.96 Å². The van der Waals surface area contributed by atoms with Crippen LogP contribution in [0.3, 0.4) is 0 Å². The molecule has 2 rings (SSSR count). The van der Waals surface area contributed by atoms with E-state index in [4.69, 9.17) is 0 Å². The third-order valence-electron chi connectivity index (χ3n) is 3.81. The van der Waals surface area contributed by atoms with Crippen molar-refractivity contribution in [2.45, 2.75) is 20.0 Å². The van der Waals surface area contributed by atoms with Crippen LogP contribution in [0, 0.1) is 6.92 Å². The van der Waals surface area contributed by atoms with Gasteiger partial charge in [-0.05, 0) is 35.7 Å². The summed E-state index contributed by atoms with van der Waals surface area (Å²) in [5, 5.41) is 9.20. The lowest BCUT2D eigenvalue weighted by atomic mass is 10.1. The molecule has 0 aliphatic carbocycles. The summed E-state index contributed by atoms with van der Waals surface area (Å²) >= 11 is 0. The first-order valence-corrected chi connectivity index (χ1v) is 7.94. The second-order valence-corrected chi connectivity index (χ2v) is 5.49. The number of carbonyl (C=O) groups excluding carboxylic acids is 1. The highest BCUT2D eigenvalue weighted by molar-refractivity contribution is 14.0. The van der Waals surface area contributed by atoms with Crippen LogP contribution in [0.5, 0.6) is 0 Å². The Hall–Kier alpha value is -2.09. The molecule has 0 saturated carbocycles. The molecule has 0 unspecified atom stereocenters. The number of nitrogens with zero attached hydrogens (tertiary/aromatic N) is 1. The first kappa shape index (κ1) is 21.0. The van der Waals surface area contributed by atoms with Crippen LogP contribution in [0.4, 0.5) is 0 Å². The summed E-state index contributed by atoms with van der Waals surface area (Å²) < 4.78 is 0. The van der Waals surface area contributed by atoms with Gasteiger partial charge in [-0.2, -0.15) is 0 Å². The summed E-state index contributed by atoms with van der Waals surface area (Å²) in [5.74, 6) is 0.641. The molecule has 6 heteroatoms. The van der Waals surface area contributed by atoms with Crippen molar-refractivity contribution in [3.63, 3.8) is 0 Å². The van der Waals surface area contributed by atoms with E-state index in [0.29, 0.717) is 18.7 Å². The zero-order valence-electron chi connectivity index (χ0n) is 14.8. The molecular weight excluding hydrogens is 427 g/mol. The molecule has 0 bridgehead atoms. The Morgan fingerprint density at radius 3 is 2.44 bits per heavy atom. The van der Waals surface area contributed by atoms with Crippen LogP contribution in [0.1, 0.15) is 27.0 Å². The third kappa shape index (κ3) is 6.38. The van der Waals surface area contributed by atoms with Gasteiger partial charge in [0.1, 0.15) is 0 Å². The summed E-state index contributed by atoms with van der Waals surface area (Å²) in [7, 11) is 3.37. The Bertz CT molecular complexity index is 731. The predicted molar refractivity (Wildman–Crippen MR) is 113 cm³/mol. The molecule has 0 atom stereocenters. The Balaban J connectivity index is 0.00000312. The van der Waals surface area contributed by atoms with Crippen molar-refractivity contribution in [3.8, 4) is 0 Å². The molecule has 1 amide bonds. The first-order chi connectivity index (χ1) is 11.6. The van der Waals surface area contributed by atoms with Gasteiger partial charge in [0.25, 0.3) is 5.91 Å². The van der Waals surface area contributed by atoms with Crippen molar-refractivity contribution >= 4 is 35.8 Å². The molecule has 3 N–H and O–H groups in total. The number of nitrogens with one attached hydrogen (secondary N) is 3.